The van der Waals surface area contributed by atoms with Crippen molar-refractivity contribution in [3.8, 4) is 0 Å². The third-order valence-electron chi connectivity index (χ3n) is 3.95. The third-order valence-corrected chi connectivity index (χ3v) is 4.83. The summed E-state index contributed by atoms with van der Waals surface area (Å²) in [6, 6.07) is 0. The van der Waals surface area contributed by atoms with Crippen molar-refractivity contribution in [3.63, 3.8) is 0 Å². The van der Waals surface area contributed by atoms with E-state index in [1.165, 1.54) is 11.3 Å². The van der Waals surface area contributed by atoms with Crippen molar-refractivity contribution in [2.45, 2.75) is 26.2 Å². The van der Waals surface area contributed by atoms with E-state index in [0.29, 0.717) is 5.41 Å². The van der Waals surface area contributed by atoms with Crippen molar-refractivity contribution in [1.82, 2.24) is 10.3 Å². The van der Waals surface area contributed by atoms with Gasteiger partial charge in [0, 0.05) is 11.3 Å². The Bertz CT molecular complexity index is 437. The summed E-state index contributed by atoms with van der Waals surface area (Å²) in [6.45, 7) is 4.05. The van der Waals surface area contributed by atoms with Gasteiger partial charge in [-0.1, -0.05) is 0 Å². The summed E-state index contributed by atoms with van der Waals surface area (Å²) in [5, 5.41) is 9.00. The number of anilines is 1. The number of amides is 1. The minimum atomic E-state index is 0.168. The molecule has 0 aromatic carbocycles. The Labute approximate surface area is 105 Å². The summed E-state index contributed by atoms with van der Waals surface area (Å²) in [6.07, 6.45) is 3.34. The highest BCUT2D eigenvalue weighted by atomic mass is 32.1. The van der Waals surface area contributed by atoms with Gasteiger partial charge in [0.15, 0.2) is 5.13 Å². The zero-order valence-corrected chi connectivity index (χ0v) is 10.8. The molecule has 1 aromatic rings. The van der Waals surface area contributed by atoms with Gasteiger partial charge >= 0.3 is 0 Å². The number of piperidine rings is 1. The molecule has 4 nitrogen and oxygen atoms in total. The van der Waals surface area contributed by atoms with Gasteiger partial charge in [-0.2, -0.15) is 0 Å². The smallest absolute Gasteiger partial charge is 0.229 e. The first-order valence-electron chi connectivity index (χ1n) is 6.13. The van der Waals surface area contributed by atoms with Gasteiger partial charge in [0.25, 0.3) is 0 Å². The van der Waals surface area contributed by atoms with E-state index in [1.54, 1.807) is 0 Å². The highest BCUT2D eigenvalue weighted by molar-refractivity contribution is 7.13. The van der Waals surface area contributed by atoms with E-state index in [1.807, 2.05) is 12.3 Å². The van der Waals surface area contributed by atoms with Crippen LogP contribution in [-0.4, -0.2) is 24.0 Å². The summed E-state index contributed by atoms with van der Waals surface area (Å²) in [4.78, 5) is 16.4. The molecule has 1 aliphatic heterocycles. The van der Waals surface area contributed by atoms with Crippen molar-refractivity contribution in [2.24, 2.45) is 11.3 Å². The van der Waals surface area contributed by atoms with E-state index in [2.05, 4.69) is 15.6 Å². The van der Waals surface area contributed by atoms with Crippen LogP contribution in [0.5, 0.6) is 0 Å². The fourth-order valence-electron chi connectivity index (χ4n) is 2.80. The topological polar surface area (TPSA) is 54.0 Å². The Morgan fingerprint density at radius 2 is 2.35 bits per heavy atom. The van der Waals surface area contributed by atoms with Crippen LogP contribution in [0.3, 0.4) is 0 Å². The number of aryl methyl sites for hydroxylation is 1. The summed E-state index contributed by atoms with van der Waals surface area (Å²) in [7, 11) is 0. The molecule has 2 heterocycles. The monoisotopic (exact) mass is 251 g/mol. The molecule has 0 bridgehead atoms. The number of hydrogen-bond donors (Lipinski definition) is 2. The molecule has 1 aromatic heterocycles. The number of hydrogen-bond acceptors (Lipinski definition) is 4. The summed E-state index contributed by atoms with van der Waals surface area (Å²) in [5.41, 5.74) is 1.28. The zero-order chi connectivity index (χ0) is 11.9. The van der Waals surface area contributed by atoms with Crippen LogP contribution in [0.25, 0.3) is 0 Å². The van der Waals surface area contributed by atoms with Crippen LogP contribution < -0.4 is 10.6 Å². The van der Waals surface area contributed by atoms with Crippen molar-refractivity contribution >= 4 is 22.4 Å². The van der Waals surface area contributed by atoms with Crippen LogP contribution in [0.15, 0.2) is 5.38 Å². The molecule has 1 aliphatic carbocycles. The summed E-state index contributed by atoms with van der Waals surface area (Å²) in [5.74, 6) is 0.384. The molecule has 5 heteroatoms. The largest absolute Gasteiger partial charge is 0.317 e. The molecule has 1 saturated carbocycles. The van der Waals surface area contributed by atoms with E-state index in [-0.39, 0.29) is 11.8 Å². The number of nitrogens with zero attached hydrogens (tertiary/aromatic N) is 1. The van der Waals surface area contributed by atoms with Crippen molar-refractivity contribution in [2.75, 3.05) is 18.4 Å². The fourth-order valence-corrected chi connectivity index (χ4v) is 3.49. The lowest BCUT2D eigenvalue weighted by molar-refractivity contribution is -0.118. The minimum absolute atomic E-state index is 0.168. The van der Waals surface area contributed by atoms with E-state index in [0.717, 1.165) is 43.2 Å². The van der Waals surface area contributed by atoms with E-state index < -0.39 is 0 Å². The summed E-state index contributed by atoms with van der Waals surface area (Å²) >= 11 is 1.50. The molecule has 2 N–H and O–H groups in total. The number of carbonyl (C=O) groups is 1. The Kier molecular flexibility index (Phi) is 2.67. The van der Waals surface area contributed by atoms with Crippen LogP contribution >= 0.6 is 11.3 Å². The minimum Gasteiger partial charge on any atom is -0.317 e. The average Bonchev–Trinajstić information content (AvgIpc) is 2.85. The van der Waals surface area contributed by atoms with Gasteiger partial charge < -0.3 is 10.6 Å². The predicted octanol–water partition coefficient (Wildman–Crippen LogP) is 1.78. The molecule has 1 unspecified atom stereocenters. The molecule has 2 aliphatic rings. The van der Waals surface area contributed by atoms with Gasteiger partial charge in [-0.15, -0.1) is 11.3 Å². The highest BCUT2D eigenvalue weighted by Crippen LogP contribution is 2.58. The fraction of sp³-hybridized carbons (Fsp3) is 0.667. The maximum absolute atomic E-state index is 12.1. The van der Waals surface area contributed by atoms with Gasteiger partial charge in [0.05, 0.1) is 5.69 Å². The van der Waals surface area contributed by atoms with Crippen molar-refractivity contribution < 1.29 is 4.79 Å². The van der Waals surface area contributed by atoms with Crippen molar-refractivity contribution in [3.05, 3.63) is 11.1 Å². The molecule has 3 rings (SSSR count). The Morgan fingerprint density at radius 3 is 3.00 bits per heavy atom. The Morgan fingerprint density at radius 1 is 1.59 bits per heavy atom. The molecule has 17 heavy (non-hydrogen) atoms. The van der Waals surface area contributed by atoms with Crippen LogP contribution in [0.2, 0.25) is 0 Å². The molecular weight excluding hydrogens is 234 g/mol. The molecule has 0 radical (unpaired) electrons. The maximum atomic E-state index is 12.1. The van der Waals surface area contributed by atoms with Crippen LogP contribution in [0, 0.1) is 18.3 Å². The van der Waals surface area contributed by atoms with Gasteiger partial charge in [0.1, 0.15) is 0 Å². The lowest BCUT2D eigenvalue weighted by Crippen LogP contribution is -2.31. The molecule has 2 fully saturated rings. The second kappa shape index (κ2) is 4.07. The quantitative estimate of drug-likeness (QED) is 0.842. The van der Waals surface area contributed by atoms with E-state index in [9.17, 15) is 4.79 Å². The maximum Gasteiger partial charge on any atom is 0.229 e. The number of thiazole rings is 1. The lowest BCUT2D eigenvalue weighted by atomic mass is 9.92. The van der Waals surface area contributed by atoms with Crippen LogP contribution in [-0.2, 0) is 4.79 Å². The first-order chi connectivity index (χ1) is 8.20. The predicted molar refractivity (Wildman–Crippen MR) is 68.1 cm³/mol. The van der Waals surface area contributed by atoms with Gasteiger partial charge in [-0.3, -0.25) is 4.79 Å². The Hall–Kier alpha value is -0.940. The van der Waals surface area contributed by atoms with Crippen molar-refractivity contribution in [1.29, 1.82) is 0 Å². The van der Waals surface area contributed by atoms with Gasteiger partial charge in [-0.25, -0.2) is 4.98 Å². The van der Waals surface area contributed by atoms with Gasteiger partial charge in [-0.05, 0) is 44.7 Å². The molecule has 1 atom stereocenters. The molecule has 1 spiro atoms. The standard InChI is InChI=1S/C12H17N3OS/c1-8-7-17-11(14-8)15-10(16)9-6-12(9)2-4-13-5-3-12/h7,9,13H,2-6H2,1H3,(H,14,15,16). The van der Waals surface area contributed by atoms with E-state index >= 15 is 0 Å². The number of aromatic nitrogens is 1. The number of rotatable bonds is 2. The number of nitrogens with one attached hydrogen (secondary N) is 2. The average molecular weight is 251 g/mol. The zero-order valence-electron chi connectivity index (χ0n) is 9.95. The lowest BCUT2D eigenvalue weighted by Gasteiger charge is -2.22. The first kappa shape index (κ1) is 11.2. The van der Waals surface area contributed by atoms with Gasteiger partial charge in [0.2, 0.25) is 5.91 Å². The SMILES string of the molecule is Cc1csc(NC(=O)C2CC23CCNCC3)n1. The molecule has 1 amide bonds. The molecule has 92 valence electrons. The molecular formula is C12H17N3OS. The molecule has 1 saturated heterocycles. The highest BCUT2D eigenvalue weighted by Gasteiger charge is 2.57. The third kappa shape index (κ3) is 2.09. The van der Waals surface area contributed by atoms with Crippen LogP contribution in [0.4, 0.5) is 5.13 Å². The van der Waals surface area contributed by atoms with E-state index in [4.69, 9.17) is 0 Å². The summed E-state index contributed by atoms with van der Waals surface area (Å²) < 4.78 is 0. The first-order valence-corrected chi connectivity index (χ1v) is 7.01. The normalized spacial score (nSPS) is 25.8. The Balaban J connectivity index is 1.61. The van der Waals surface area contributed by atoms with Crippen LogP contribution in [0.1, 0.15) is 25.0 Å². The second-order valence-corrected chi connectivity index (χ2v) is 6.01. The second-order valence-electron chi connectivity index (χ2n) is 5.15. The number of carbonyl (C=O) groups excluding carboxylic acids is 1.